The fourth-order valence-corrected chi connectivity index (χ4v) is 5.86. The number of rotatable bonds is 9. The molecule has 0 bridgehead atoms. The Bertz CT molecular complexity index is 1420. The molecule has 2 fully saturated rings. The summed E-state index contributed by atoms with van der Waals surface area (Å²) in [5, 5.41) is 0. The van der Waals surface area contributed by atoms with Crippen molar-refractivity contribution in [1.29, 1.82) is 0 Å². The molecule has 2 aliphatic rings. The molecule has 0 aliphatic carbocycles. The highest BCUT2D eigenvalue weighted by molar-refractivity contribution is 8.27. The second kappa shape index (κ2) is 13.3. The number of thioether (sulfide) groups is 1. The lowest BCUT2D eigenvalue weighted by Gasteiger charge is -2.32. The summed E-state index contributed by atoms with van der Waals surface area (Å²) in [5.41, 5.74) is 0.695. The van der Waals surface area contributed by atoms with E-state index < -0.39 is 11.7 Å². The average molecular weight is 614 g/mol. The summed E-state index contributed by atoms with van der Waals surface area (Å²) in [7, 11) is 2.15. The van der Waals surface area contributed by atoms with Gasteiger partial charge in [-0.3, -0.25) is 9.69 Å². The Hall–Kier alpha value is -3.38. The zero-order chi connectivity index (χ0) is 29.7. The summed E-state index contributed by atoms with van der Waals surface area (Å²) >= 11 is 6.73. The number of hydrogen-bond donors (Lipinski definition) is 0. The molecule has 0 radical (unpaired) electrons. The Labute approximate surface area is 252 Å². The molecule has 0 saturated carbocycles. The monoisotopic (exact) mass is 613 g/mol. The van der Waals surface area contributed by atoms with E-state index >= 15 is 0 Å². The smallest absolute Gasteiger partial charge is 0.416 e. The first-order valence-corrected chi connectivity index (χ1v) is 14.7. The van der Waals surface area contributed by atoms with Crippen molar-refractivity contribution in [2.75, 3.05) is 51.3 Å². The zero-order valence-corrected chi connectivity index (χ0v) is 24.6. The van der Waals surface area contributed by atoms with Gasteiger partial charge >= 0.3 is 6.18 Å². The minimum atomic E-state index is -4.40. The fraction of sp³-hybridized carbons (Fsp3) is 0.290. The molecule has 2 aliphatic heterocycles. The van der Waals surface area contributed by atoms with Crippen LogP contribution in [0.4, 0.5) is 18.9 Å². The average Bonchev–Trinajstić information content (AvgIpc) is 3.25. The van der Waals surface area contributed by atoms with Crippen molar-refractivity contribution in [2.45, 2.75) is 12.6 Å². The maximum atomic E-state index is 13.2. The number of ether oxygens (including phenoxy) is 2. The number of piperazine rings is 1. The number of carbonyl (C=O) groups excluding carboxylic acids is 1. The van der Waals surface area contributed by atoms with Crippen LogP contribution in [0.1, 0.15) is 17.5 Å². The molecular weight excluding hydrogens is 583 g/mol. The Kier molecular flexibility index (Phi) is 9.52. The first-order chi connectivity index (χ1) is 20.2. The topological polar surface area (TPSA) is 45.2 Å². The van der Waals surface area contributed by atoms with E-state index in [1.54, 1.807) is 30.3 Å². The van der Waals surface area contributed by atoms with Crippen LogP contribution < -0.4 is 14.4 Å². The van der Waals surface area contributed by atoms with Gasteiger partial charge < -0.3 is 19.3 Å². The minimum Gasteiger partial charge on any atom is -0.494 e. The standard InChI is InChI=1S/C31H30F3N3O3S2/c1-35-16-18-36(19-17-35)15-2-20-39-25-13-7-24(8-14-25)37-29(38)28(42-30(37)41)21-22-3-9-26(10-4-22)40-27-11-5-23(6-12-27)31(32,33)34/h3-14,21H,2,15-20H2,1H3. The molecule has 3 aromatic carbocycles. The van der Waals surface area contributed by atoms with Gasteiger partial charge in [0.1, 0.15) is 17.2 Å². The quantitative estimate of drug-likeness (QED) is 0.148. The predicted molar refractivity (Wildman–Crippen MR) is 164 cm³/mol. The molecule has 3 aromatic rings. The van der Waals surface area contributed by atoms with E-state index in [-0.39, 0.29) is 5.91 Å². The molecule has 6 nitrogen and oxygen atoms in total. The van der Waals surface area contributed by atoms with Crippen molar-refractivity contribution in [3.8, 4) is 17.2 Å². The summed E-state index contributed by atoms with van der Waals surface area (Å²) in [6.45, 7) is 6.03. The van der Waals surface area contributed by atoms with Gasteiger partial charge in [0.2, 0.25) is 0 Å². The van der Waals surface area contributed by atoms with Gasteiger partial charge in [0, 0.05) is 32.7 Å². The van der Waals surface area contributed by atoms with E-state index in [0.717, 1.165) is 62.6 Å². The van der Waals surface area contributed by atoms with Gasteiger partial charge in [-0.15, -0.1) is 0 Å². The summed E-state index contributed by atoms with van der Waals surface area (Å²) in [4.78, 5) is 20.0. The third-order valence-electron chi connectivity index (χ3n) is 6.97. The normalized spacial score (nSPS) is 17.7. The number of alkyl halides is 3. The number of amides is 1. The Balaban J connectivity index is 1.14. The first kappa shape index (κ1) is 30.1. The largest absolute Gasteiger partial charge is 0.494 e. The van der Waals surface area contributed by atoms with Crippen LogP contribution in [0.15, 0.2) is 77.7 Å². The summed E-state index contributed by atoms with van der Waals surface area (Å²) in [5.74, 6) is 1.28. The third kappa shape index (κ3) is 7.71. The molecule has 0 aromatic heterocycles. The highest BCUT2D eigenvalue weighted by Crippen LogP contribution is 2.37. The van der Waals surface area contributed by atoms with Gasteiger partial charge in [0.05, 0.1) is 22.8 Å². The number of nitrogens with zero attached hydrogens (tertiary/aromatic N) is 3. The Morgan fingerprint density at radius 1 is 0.881 bits per heavy atom. The lowest BCUT2D eigenvalue weighted by molar-refractivity contribution is -0.137. The molecule has 220 valence electrons. The number of likely N-dealkylation sites (N-methyl/N-ethyl adjacent to an activating group) is 1. The lowest BCUT2D eigenvalue weighted by Crippen LogP contribution is -2.44. The summed E-state index contributed by atoms with van der Waals surface area (Å²) in [6, 6.07) is 18.8. The number of thiocarbonyl (C=S) groups is 1. The summed E-state index contributed by atoms with van der Waals surface area (Å²) in [6.07, 6.45) is -1.70. The van der Waals surface area contributed by atoms with Gasteiger partial charge in [-0.25, -0.2) is 0 Å². The number of carbonyl (C=O) groups is 1. The van der Waals surface area contributed by atoms with Crippen molar-refractivity contribution in [2.24, 2.45) is 0 Å². The number of anilines is 1. The number of halogens is 3. The maximum absolute atomic E-state index is 13.2. The lowest BCUT2D eigenvalue weighted by atomic mass is 10.2. The predicted octanol–water partition coefficient (Wildman–Crippen LogP) is 6.92. The number of benzene rings is 3. The van der Waals surface area contributed by atoms with Crippen LogP contribution >= 0.6 is 24.0 Å². The molecule has 5 rings (SSSR count). The molecule has 0 atom stereocenters. The molecular formula is C31H30F3N3O3S2. The van der Waals surface area contributed by atoms with E-state index in [2.05, 4.69) is 16.8 Å². The third-order valence-corrected chi connectivity index (χ3v) is 8.27. The minimum absolute atomic E-state index is 0.212. The van der Waals surface area contributed by atoms with E-state index in [4.69, 9.17) is 21.7 Å². The molecule has 0 spiro atoms. The fourth-order valence-electron chi connectivity index (χ4n) is 4.56. The molecule has 0 unspecified atom stereocenters. The van der Waals surface area contributed by atoms with E-state index in [1.807, 2.05) is 24.3 Å². The van der Waals surface area contributed by atoms with Crippen LogP contribution in [0.5, 0.6) is 17.2 Å². The van der Waals surface area contributed by atoms with Crippen LogP contribution in [-0.2, 0) is 11.0 Å². The summed E-state index contributed by atoms with van der Waals surface area (Å²) < 4.78 is 50.3. The van der Waals surface area contributed by atoms with E-state index in [1.165, 1.54) is 28.8 Å². The molecule has 11 heteroatoms. The van der Waals surface area contributed by atoms with Gasteiger partial charge in [-0.2, -0.15) is 13.2 Å². The highest BCUT2D eigenvalue weighted by atomic mass is 32.2. The van der Waals surface area contributed by atoms with E-state index in [0.29, 0.717) is 33.0 Å². The van der Waals surface area contributed by atoms with E-state index in [9.17, 15) is 18.0 Å². The van der Waals surface area contributed by atoms with Gasteiger partial charge in [0.15, 0.2) is 4.32 Å². The van der Waals surface area contributed by atoms with Crippen molar-refractivity contribution in [1.82, 2.24) is 9.80 Å². The van der Waals surface area contributed by atoms with Crippen molar-refractivity contribution < 1.29 is 27.4 Å². The van der Waals surface area contributed by atoms with Crippen LogP contribution in [0.3, 0.4) is 0 Å². The van der Waals surface area contributed by atoms with Crippen LogP contribution in [-0.4, -0.2) is 66.4 Å². The molecule has 2 heterocycles. The van der Waals surface area contributed by atoms with Gasteiger partial charge in [0.25, 0.3) is 5.91 Å². The van der Waals surface area contributed by atoms with Gasteiger partial charge in [-0.05, 0) is 85.8 Å². The highest BCUT2D eigenvalue weighted by Gasteiger charge is 2.33. The van der Waals surface area contributed by atoms with Gasteiger partial charge in [-0.1, -0.05) is 36.1 Å². The van der Waals surface area contributed by atoms with Crippen LogP contribution in [0, 0.1) is 0 Å². The van der Waals surface area contributed by atoms with Crippen molar-refractivity contribution in [3.05, 3.63) is 88.8 Å². The number of hydrogen-bond acceptors (Lipinski definition) is 7. The van der Waals surface area contributed by atoms with Crippen molar-refractivity contribution in [3.63, 3.8) is 0 Å². The molecule has 1 amide bonds. The molecule has 2 saturated heterocycles. The second-order valence-electron chi connectivity index (χ2n) is 10.1. The SMILES string of the molecule is CN1CCN(CCCOc2ccc(N3C(=O)C(=Cc4ccc(Oc5ccc(C(F)(F)F)cc5)cc4)SC3=S)cc2)CC1. The molecule has 42 heavy (non-hydrogen) atoms. The Morgan fingerprint density at radius 2 is 1.48 bits per heavy atom. The van der Waals surface area contributed by atoms with Crippen molar-refractivity contribution >= 4 is 46.0 Å². The second-order valence-corrected chi connectivity index (χ2v) is 11.7. The van der Waals surface area contributed by atoms with Crippen LogP contribution in [0.2, 0.25) is 0 Å². The Morgan fingerprint density at radius 3 is 2.10 bits per heavy atom. The maximum Gasteiger partial charge on any atom is 0.416 e. The zero-order valence-electron chi connectivity index (χ0n) is 23.0. The van der Waals surface area contributed by atoms with Crippen LogP contribution in [0.25, 0.3) is 6.08 Å². The first-order valence-electron chi connectivity index (χ1n) is 13.5. The molecule has 0 N–H and O–H groups in total.